The molecule has 0 saturated heterocycles. The summed E-state index contributed by atoms with van der Waals surface area (Å²) in [6, 6.07) is 13.3. The van der Waals surface area contributed by atoms with Crippen LogP contribution in [0, 0.1) is 10.1 Å². The fourth-order valence-corrected chi connectivity index (χ4v) is 2.04. The van der Waals surface area contributed by atoms with E-state index in [1.54, 1.807) is 12.1 Å². The molecule has 0 radical (unpaired) electrons. The topological polar surface area (TPSA) is 91.3 Å². The van der Waals surface area contributed by atoms with E-state index in [0.29, 0.717) is 24.0 Å². The third kappa shape index (κ3) is 3.18. The van der Waals surface area contributed by atoms with Crippen molar-refractivity contribution in [3.63, 3.8) is 0 Å². The van der Waals surface area contributed by atoms with E-state index >= 15 is 0 Å². The van der Waals surface area contributed by atoms with Gasteiger partial charge in [0, 0.05) is 23.3 Å². The minimum Gasteiger partial charge on any atom is -0.494 e. The van der Waals surface area contributed by atoms with Crippen LogP contribution in [0.5, 0.6) is 5.75 Å². The molecule has 0 atom stereocenters. The van der Waals surface area contributed by atoms with Crippen molar-refractivity contribution in [2.45, 2.75) is 6.92 Å². The summed E-state index contributed by atoms with van der Waals surface area (Å²) in [6.45, 7) is 2.52. The van der Waals surface area contributed by atoms with Gasteiger partial charge in [0.05, 0.1) is 11.5 Å². The average Bonchev–Trinajstić information content (AvgIpc) is 3.06. The summed E-state index contributed by atoms with van der Waals surface area (Å²) in [5.74, 6) is 1.46. The molecule has 7 heteroatoms. The van der Waals surface area contributed by atoms with E-state index in [2.05, 4.69) is 10.2 Å². The maximum absolute atomic E-state index is 10.7. The molecule has 0 saturated carbocycles. The van der Waals surface area contributed by atoms with E-state index in [-0.39, 0.29) is 5.69 Å². The molecule has 0 aliphatic carbocycles. The van der Waals surface area contributed by atoms with Crippen molar-refractivity contribution in [3.8, 4) is 28.7 Å². The van der Waals surface area contributed by atoms with Gasteiger partial charge >= 0.3 is 0 Å². The fraction of sp³-hybridized carbons (Fsp3) is 0.125. The first-order valence-electron chi connectivity index (χ1n) is 6.99. The Morgan fingerprint density at radius 3 is 2.00 bits per heavy atom. The van der Waals surface area contributed by atoms with Crippen LogP contribution in [0.25, 0.3) is 22.9 Å². The highest BCUT2D eigenvalue weighted by atomic mass is 16.6. The Morgan fingerprint density at radius 1 is 1.00 bits per heavy atom. The molecule has 0 fully saturated rings. The molecule has 1 heterocycles. The predicted octanol–water partition coefficient (Wildman–Crippen LogP) is 3.71. The Balaban J connectivity index is 1.83. The number of ether oxygens (including phenoxy) is 1. The zero-order chi connectivity index (χ0) is 16.2. The number of non-ortho nitro benzene ring substituents is 1. The monoisotopic (exact) mass is 311 g/mol. The molecule has 7 nitrogen and oxygen atoms in total. The lowest BCUT2D eigenvalue weighted by Gasteiger charge is -2.02. The van der Waals surface area contributed by atoms with Gasteiger partial charge in [-0.05, 0) is 43.3 Å². The van der Waals surface area contributed by atoms with Crippen LogP contribution < -0.4 is 4.74 Å². The highest BCUT2D eigenvalue weighted by molar-refractivity contribution is 5.59. The van der Waals surface area contributed by atoms with Gasteiger partial charge in [0.25, 0.3) is 5.69 Å². The maximum Gasteiger partial charge on any atom is 0.269 e. The molecule has 0 N–H and O–H groups in total. The first-order valence-corrected chi connectivity index (χ1v) is 6.99. The number of hydrogen-bond acceptors (Lipinski definition) is 6. The summed E-state index contributed by atoms with van der Waals surface area (Å²) in [6.07, 6.45) is 0. The highest BCUT2D eigenvalue weighted by Gasteiger charge is 2.12. The Hall–Kier alpha value is -3.22. The zero-order valence-electron chi connectivity index (χ0n) is 12.3. The van der Waals surface area contributed by atoms with Gasteiger partial charge in [-0.3, -0.25) is 10.1 Å². The van der Waals surface area contributed by atoms with E-state index in [4.69, 9.17) is 9.15 Å². The van der Waals surface area contributed by atoms with E-state index in [1.807, 2.05) is 31.2 Å². The Morgan fingerprint density at radius 2 is 1.52 bits per heavy atom. The van der Waals surface area contributed by atoms with Crippen LogP contribution in [0.4, 0.5) is 5.69 Å². The maximum atomic E-state index is 10.7. The van der Waals surface area contributed by atoms with Crippen molar-refractivity contribution in [2.24, 2.45) is 0 Å². The van der Waals surface area contributed by atoms with Gasteiger partial charge in [-0.2, -0.15) is 0 Å². The number of nitro groups is 1. The van der Waals surface area contributed by atoms with E-state index in [9.17, 15) is 10.1 Å². The molecule has 2 aromatic carbocycles. The first-order chi connectivity index (χ1) is 11.2. The molecule has 0 spiro atoms. The van der Waals surface area contributed by atoms with Gasteiger partial charge < -0.3 is 9.15 Å². The molecular formula is C16H13N3O4. The average molecular weight is 311 g/mol. The molecule has 0 bridgehead atoms. The lowest BCUT2D eigenvalue weighted by atomic mass is 10.2. The summed E-state index contributed by atoms with van der Waals surface area (Å²) in [7, 11) is 0. The fourth-order valence-electron chi connectivity index (χ4n) is 2.04. The molecular weight excluding hydrogens is 298 g/mol. The second kappa shape index (κ2) is 6.27. The van der Waals surface area contributed by atoms with Crippen molar-refractivity contribution in [1.29, 1.82) is 0 Å². The number of nitrogens with zero attached hydrogens (tertiary/aromatic N) is 3. The molecule has 1 aromatic heterocycles. The van der Waals surface area contributed by atoms with Crippen molar-refractivity contribution < 1.29 is 14.1 Å². The predicted molar refractivity (Wildman–Crippen MR) is 83.0 cm³/mol. The molecule has 3 rings (SSSR count). The second-order valence-corrected chi connectivity index (χ2v) is 4.67. The first kappa shape index (κ1) is 14.7. The van der Waals surface area contributed by atoms with E-state index < -0.39 is 4.92 Å². The van der Waals surface area contributed by atoms with Gasteiger partial charge in [-0.25, -0.2) is 0 Å². The number of hydrogen-bond donors (Lipinski definition) is 0. The Kier molecular flexibility index (Phi) is 4.01. The molecule has 0 amide bonds. The third-order valence-corrected chi connectivity index (χ3v) is 3.16. The number of nitro benzene ring substituents is 1. The summed E-state index contributed by atoms with van der Waals surface area (Å²) < 4.78 is 11.0. The van der Waals surface area contributed by atoms with Crippen molar-refractivity contribution in [3.05, 3.63) is 58.6 Å². The van der Waals surface area contributed by atoms with Crippen molar-refractivity contribution >= 4 is 5.69 Å². The molecule has 116 valence electrons. The van der Waals surface area contributed by atoms with Crippen LogP contribution >= 0.6 is 0 Å². The Bertz CT molecular complexity index is 810. The minimum atomic E-state index is -0.455. The standard InChI is InChI=1S/C16H13N3O4/c1-2-22-14-9-5-12(6-10-14)16-18-17-15(23-16)11-3-7-13(8-4-11)19(20)21/h3-10H,2H2,1H3. The smallest absolute Gasteiger partial charge is 0.269 e. The van der Waals surface area contributed by atoms with Gasteiger partial charge in [0.2, 0.25) is 11.8 Å². The number of aromatic nitrogens is 2. The van der Waals surface area contributed by atoms with Crippen LogP contribution in [0.2, 0.25) is 0 Å². The van der Waals surface area contributed by atoms with Gasteiger partial charge in [0.15, 0.2) is 0 Å². The number of benzene rings is 2. The van der Waals surface area contributed by atoms with E-state index in [0.717, 1.165) is 11.3 Å². The molecule has 23 heavy (non-hydrogen) atoms. The quantitative estimate of drug-likeness (QED) is 0.527. The highest BCUT2D eigenvalue weighted by Crippen LogP contribution is 2.26. The lowest BCUT2D eigenvalue weighted by molar-refractivity contribution is -0.384. The molecule has 0 aliphatic rings. The second-order valence-electron chi connectivity index (χ2n) is 4.67. The summed E-state index contributed by atoms with van der Waals surface area (Å²) >= 11 is 0. The van der Waals surface area contributed by atoms with Crippen LogP contribution in [0.1, 0.15) is 6.92 Å². The SMILES string of the molecule is CCOc1ccc(-c2nnc(-c3ccc([N+](=O)[O-])cc3)o2)cc1. The summed E-state index contributed by atoms with van der Waals surface area (Å²) in [4.78, 5) is 10.2. The van der Waals surface area contributed by atoms with Crippen LogP contribution in [0.3, 0.4) is 0 Å². The van der Waals surface area contributed by atoms with Gasteiger partial charge in [0.1, 0.15) is 5.75 Å². The molecule has 0 aliphatic heterocycles. The van der Waals surface area contributed by atoms with Crippen LogP contribution in [-0.2, 0) is 0 Å². The summed E-state index contributed by atoms with van der Waals surface area (Å²) in [5.41, 5.74) is 1.41. The largest absolute Gasteiger partial charge is 0.494 e. The van der Waals surface area contributed by atoms with E-state index in [1.165, 1.54) is 12.1 Å². The molecule has 0 unspecified atom stereocenters. The lowest BCUT2D eigenvalue weighted by Crippen LogP contribution is -1.90. The summed E-state index contributed by atoms with van der Waals surface area (Å²) in [5, 5.41) is 18.6. The number of rotatable bonds is 5. The van der Waals surface area contributed by atoms with Gasteiger partial charge in [-0.15, -0.1) is 10.2 Å². The minimum absolute atomic E-state index is 0.0139. The Labute approximate surface area is 131 Å². The van der Waals surface area contributed by atoms with Crippen LogP contribution in [-0.4, -0.2) is 21.7 Å². The normalized spacial score (nSPS) is 10.5. The van der Waals surface area contributed by atoms with Crippen molar-refractivity contribution in [1.82, 2.24) is 10.2 Å². The molecule has 3 aromatic rings. The zero-order valence-corrected chi connectivity index (χ0v) is 12.3. The van der Waals surface area contributed by atoms with Crippen LogP contribution in [0.15, 0.2) is 52.9 Å². The van der Waals surface area contributed by atoms with Gasteiger partial charge in [-0.1, -0.05) is 0 Å². The third-order valence-electron chi connectivity index (χ3n) is 3.16. The van der Waals surface area contributed by atoms with Crippen molar-refractivity contribution in [2.75, 3.05) is 6.61 Å².